The van der Waals surface area contributed by atoms with Crippen LogP contribution in [0.15, 0.2) is 42.5 Å². The van der Waals surface area contributed by atoms with Crippen LogP contribution < -0.4 is 16.2 Å². The molecular weight excluding hydrogens is 346 g/mol. The number of hydrazine groups is 1. The van der Waals surface area contributed by atoms with E-state index in [1.807, 2.05) is 56.3 Å². The third kappa shape index (κ3) is 4.37. The summed E-state index contributed by atoms with van der Waals surface area (Å²) in [6.07, 6.45) is 0.832. The lowest BCUT2D eigenvalue weighted by Crippen LogP contribution is -2.43. The zero-order valence-corrected chi connectivity index (χ0v) is 15.5. The van der Waals surface area contributed by atoms with Crippen molar-refractivity contribution in [3.63, 3.8) is 0 Å². The number of fused-ring (bicyclic) bond motifs is 1. The minimum atomic E-state index is -0.157. The van der Waals surface area contributed by atoms with E-state index in [-0.39, 0.29) is 5.91 Å². The number of aromatic amines is 1. The molecule has 3 rings (SSSR count). The van der Waals surface area contributed by atoms with Crippen molar-refractivity contribution < 1.29 is 4.79 Å². The number of hydrogen-bond donors (Lipinski definition) is 4. The number of benzene rings is 2. The Kier molecular flexibility index (Phi) is 5.48. The third-order valence-electron chi connectivity index (χ3n) is 4.20. The van der Waals surface area contributed by atoms with Gasteiger partial charge in [-0.05, 0) is 55.4 Å². The molecule has 0 atom stereocenters. The predicted octanol–water partition coefficient (Wildman–Crippen LogP) is 3.13. The molecule has 0 aliphatic heterocycles. The lowest BCUT2D eigenvalue weighted by molar-refractivity contribution is -0.121. The molecule has 0 bridgehead atoms. The van der Waals surface area contributed by atoms with Gasteiger partial charge >= 0.3 is 0 Å². The van der Waals surface area contributed by atoms with Crippen LogP contribution in [0, 0.1) is 13.8 Å². The van der Waals surface area contributed by atoms with E-state index in [2.05, 4.69) is 26.1 Å². The summed E-state index contributed by atoms with van der Waals surface area (Å²) in [5.74, 6) is 0.632. The number of nitrogens with one attached hydrogen (secondary N) is 4. The van der Waals surface area contributed by atoms with Crippen molar-refractivity contribution in [1.29, 1.82) is 0 Å². The second kappa shape index (κ2) is 7.97. The molecule has 2 aromatic carbocycles. The van der Waals surface area contributed by atoms with Gasteiger partial charge in [0.25, 0.3) is 0 Å². The number of H-pyrrole nitrogens is 1. The molecule has 0 fully saturated rings. The summed E-state index contributed by atoms with van der Waals surface area (Å²) < 4.78 is 0. The van der Waals surface area contributed by atoms with E-state index in [0.717, 1.165) is 28.1 Å². The molecule has 0 unspecified atom stereocenters. The van der Waals surface area contributed by atoms with Crippen molar-refractivity contribution >= 4 is 40.0 Å². The first-order chi connectivity index (χ1) is 12.5. The first kappa shape index (κ1) is 17.9. The van der Waals surface area contributed by atoms with Gasteiger partial charge in [-0.15, -0.1) is 0 Å². The molecule has 134 valence electrons. The van der Waals surface area contributed by atoms with Crippen molar-refractivity contribution in [3.8, 4) is 0 Å². The van der Waals surface area contributed by atoms with Crippen LogP contribution in [0.4, 0.5) is 5.69 Å². The fourth-order valence-electron chi connectivity index (χ4n) is 2.59. The minimum absolute atomic E-state index is 0.157. The van der Waals surface area contributed by atoms with Crippen LogP contribution in [0.1, 0.15) is 23.4 Å². The fraction of sp³-hybridized carbons (Fsp3) is 0.211. The van der Waals surface area contributed by atoms with E-state index in [0.29, 0.717) is 18.0 Å². The van der Waals surface area contributed by atoms with E-state index in [4.69, 9.17) is 12.2 Å². The van der Waals surface area contributed by atoms with Crippen molar-refractivity contribution in [2.45, 2.75) is 26.7 Å². The molecule has 1 aromatic heterocycles. The van der Waals surface area contributed by atoms with Gasteiger partial charge in [0.15, 0.2) is 5.11 Å². The lowest BCUT2D eigenvalue weighted by Gasteiger charge is -2.14. The number of carbonyl (C=O) groups is 1. The molecule has 0 aliphatic rings. The lowest BCUT2D eigenvalue weighted by atomic mass is 10.1. The summed E-state index contributed by atoms with van der Waals surface area (Å²) in [6, 6.07) is 13.7. The average Bonchev–Trinajstić information content (AvgIpc) is 3.05. The Labute approximate surface area is 157 Å². The maximum Gasteiger partial charge on any atom is 0.238 e. The Balaban J connectivity index is 1.46. The maximum absolute atomic E-state index is 12.0. The largest absolute Gasteiger partial charge is 0.342 e. The van der Waals surface area contributed by atoms with Crippen molar-refractivity contribution in [3.05, 3.63) is 59.4 Å². The average molecular weight is 367 g/mol. The summed E-state index contributed by atoms with van der Waals surface area (Å²) in [4.78, 5) is 19.7. The number of carbonyl (C=O) groups excluding carboxylic acids is 1. The van der Waals surface area contributed by atoms with Crippen LogP contribution in [0.2, 0.25) is 0 Å². The molecular formula is C19H21N5OS. The third-order valence-corrected chi connectivity index (χ3v) is 4.40. The molecule has 0 radical (unpaired) electrons. The number of imidazole rings is 1. The highest BCUT2D eigenvalue weighted by Crippen LogP contribution is 2.17. The van der Waals surface area contributed by atoms with E-state index < -0.39 is 0 Å². The first-order valence-corrected chi connectivity index (χ1v) is 8.79. The van der Waals surface area contributed by atoms with Gasteiger partial charge in [-0.25, -0.2) is 4.98 Å². The highest BCUT2D eigenvalue weighted by Gasteiger charge is 2.07. The fourth-order valence-corrected chi connectivity index (χ4v) is 2.75. The Bertz CT molecular complexity index is 917. The molecule has 3 aromatic rings. The van der Waals surface area contributed by atoms with Gasteiger partial charge in [0, 0.05) is 18.5 Å². The maximum atomic E-state index is 12.0. The second-order valence-corrected chi connectivity index (χ2v) is 6.48. The molecule has 0 aliphatic carbocycles. The van der Waals surface area contributed by atoms with Crippen LogP contribution in [0.5, 0.6) is 0 Å². The summed E-state index contributed by atoms with van der Waals surface area (Å²) in [5, 5.41) is 3.43. The number of amides is 1. The molecule has 0 spiro atoms. The van der Waals surface area contributed by atoms with Crippen LogP contribution in [0.3, 0.4) is 0 Å². The second-order valence-electron chi connectivity index (χ2n) is 6.08. The number of nitrogens with zero attached hydrogens (tertiary/aromatic N) is 1. The van der Waals surface area contributed by atoms with Crippen molar-refractivity contribution in [1.82, 2.24) is 20.8 Å². The van der Waals surface area contributed by atoms with E-state index in [1.54, 1.807) is 0 Å². The van der Waals surface area contributed by atoms with Gasteiger partial charge < -0.3 is 10.3 Å². The predicted molar refractivity (Wildman–Crippen MR) is 108 cm³/mol. The molecule has 1 amide bonds. The van der Waals surface area contributed by atoms with Gasteiger partial charge in [0.2, 0.25) is 5.91 Å². The highest BCUT2D eigenvalue weighted by molar-refractivity contribution is 7.80. The van der Waals surface area contributed by atoms with Gasteiger partial charge in [0.05, 0.1) is 11.0 Å². The van der Waals surface area contributed by atoms with E-state index in [1.165, 1.54) is 5.56 Å². The summed E-state index contributed by atoms with van der Waals surface area (Å²) >= 11 is 5.22. The molecule has 0 saturated carbocycles. The Morgan fingerprint density at radius 1 is 1.12 bits per heavy atom. The van der Waals surface area contributed by atoms with Gasteiger partial charge in [-0.1, -0.05) is 24.3 Å². The summed E-state index contributed by atoms with van der Waals surface area (Å²) in [7, 11) is 0. The van der Waals surface area contributed by atoms with Crippen LogP contribution >= 0.6 is 12.2 Å². The molecule has 4 N–H and O–H groups in total. The van der Waals surface area contributed by atoms with Gasteiger partial charge in [-0.3, -0.25) is 15.6 Å². The zero-order chi connectivity index (χ0) is 18.5. The number of thiocarbonyl (C=S) groups is 1. The summed E-state index contributed by atoms with van der Waals surface area (Å²) in [5.41, 5.74) is 10.4. The Morgan fingerprint density at radius 2 is 1.92 bits per heavy atom. The molecule has 0 saturated heterocycles. The molecule has 7 heteroatoms. The van der Waals surface area contributed by atoms with Crippen molar-refractivity contribution in [2.75, 3.05) is 5.32 Å². The molecule has 6 nitrogen and oxygen atoms in total. The normalized spacial score (nSPS) is 10.5. The summed E-state index contributed by atoms with van der Waals surface area (Å²) in [6.45, 7) is 4.06. The minimum Gasteiger partial charge on any atom is -0.342 e. The van der Waals surface area contributed by atoms with Crippen LogP contribution in [-0.2, 0) is 11.2 Å². The highest BCUT2D eigenvalue weighted by atomic mass is 32.1. The van der Waals surface area contributed by atoms with Crippen LogP contribution in [0.25, 0.3) is 11.0 Å². The number of aryl methyl sites for hydroxylation is 2. The van der Waals surface area contributed by atoms with Gasteiger partial charge in [-0.2, -0.15) is 0 Å². The number of aromatic nitrogens is 2. The number of anilines is 1. The van der Waals surface area contributed by atoms with E-state index in [9.17, 15) is 4.79 Å². The number of hydrogen-bond acceptors (Lipinski definition) is 3. The molecule has 1 heterocycles. The Morgan fingerprint density at radius 3 is 2.73 bits per heavy atom. The quantitative estimate of drug-likeness (QED) is 0.421. The first-order valence-electron chi connectivity index (χ1n) is 8.38. The standard InChI is InChI=1S/C19H21N5OS/c1-12-6-5-9-14(13(12)2)22-19(26)24-23-18(25)11-10-17-20-15-7-3-4-8-16(15)21-17/h3-9H,10-11H2,1-2H3,(H,20,21)(H,23,25)(H2,22,24,26). The SMILES string of the molecule is Cc1cccc(NC(=S)NNC(=O)CCc2nc3ccccc3[nH]2)c1C. The van der Waals surface area contributed by atoms with Gasteiger partial charge in [0.1, 0.15) is 5.82 Å². The van der Waals surface area contributed by atoms with Crippen molar-refractivity contribution in [2.24, 2.45) is 0 Å². The van der Waals surface area contributed by atoms with Crippen LogP contribution in [-0.4, -0.2) is 21.0 Å². The Hall–Kier alpha value is -2.93. The topological polar surface area (TPSA) is 81.8 Å². The smallest absolute Gasteiger partial charge is 0.238 e. The molecule has 26 heavy (non-hydrogen) atoms. The number of rotatable bonds is 4. The number of para-hydroxylation sites is 2. The van der Waals surface area contributed by atoms with E-state index >= 15 is 0 Å². The monoisotopic (exact) mass is 367 g/mol. The zero-order valence-electron chi connectivity index (χ0n) is 14.7.